The lowest BCUT2D eigenvalue weighted by molar-refractivity contribution is 0.0363. The molecule has 0 aromatic heterocycles. The van der Waals surface area contributed by atoms with Crippen molar-refractivity contribution in [3.63, 3.8) is 0 Å². The van der Waals surface area contributed by atoms with Gasteiger partial charge in [-0.25, -0.2) is 9.52 Å². The third-order valence-electron chi connectivity index (χ3n) is 2.11. The molecule has 1 fully saturated rings. The van der Waals surface area contributed by atoms with E-state index in [1.165, 1.54) is 0 Å². The van der Waals surface area contributed by atoms with Gasteiger partial charge in [-0.3, -0.25) is 5.41 Å². The standard InChI is InChI=1S/C7H14N4O5S/c1-15-7(12)10-17(13,14)11-2-3-16-5(4-11)6(8)9/h5H,2-4H2,1H3,(H3,8,9)(H,10,12). The minimum atomic E-state index is -3.98. The number of hydrogen-bond acceptors (Lipinski definition) is 6. The molecule has 0 aliphatic carbocycles. The Kier molecular flexibility index (Phi) is 4.26. The summed E-state index contributed by atoms with van der Waals surface area (Å²) in [7, 11) is -2.93. The van der Waals surface area contributed by atoms with E-state index in [2.05, 4.69) is 4.74 Å². The fourth-order valence-corrected chi connectivity index (χ4v) is 2.31. The van der Waals surface area contributed by atoms with E-state index >= 15 is 0 Å². The van der Waals surface area contributed by atoms with Crippen molar-refractivity contribution in [3.05, 3.63) is 0 Å². The summed E-state index contributed by atoms with van der Waals surface area (Å²) in [5.74, 6) is -0.261. The smallest absolute Gasteiger partial charge is 0.421 e. The topological polar surface area (TPSA) is 135 Å². The quantitative estimate of drug-likeness (QED) is 0.408. The summed E-state index contributed by atoms with van der Waals surface area (Å²) in [4.78, 5) is 10.8. The molecule has 9 nitrogen and oxygen atoms in total. The normalized spacial score (nSPS) is 21.8. The summed E-state index contributed by atoms with van der Waals surface area (Å²) in [5, 5.41) is 7.18. The van der Waals surface area contributed by atoms with E-state index in [0.717, 1.165) is 11.4 Å². The van der Waals surface area contributed by atoms with Crippen molar-refractivity contribution in [1.82, 2.24) is 9.03 Å². The molecule has 1 saturated heterocycles. The van der Waals surface area contributed by atoms with Crippen molar-refractivity contribution >= 4 is 22.1 Å². The highest BCUT2D eigenvalue weighted by atomic mass is 32.2. The average molecular weight is 266 g/mol. The van der Waals surface area contributed by atoms with Gasteiger partial charge in [-0.1, -0.05) is 0 Å². The molecule has 1 amide bonds. The second-order valence-electron chi connectivity index (χ2n) is 3.27. The van der Waals surface area contributed by atoms with E-state index < -0.39 is 22.4 Å². The number of carbonyl (C=O) groups is 1. The van der Waals surface area contributed by atoms with Crippen LogP contribution >= 0.6 is 0 Å². The summed E-state index contributed by atoms with van der Waals surface area (Å²) in [5.41, 5.74) is 5.22. The number of methoxy groups -OCH3 is 1. The zero-order valence-electron chi connectivity index (χ0n) is 9.17. The molecular weight excluding hydrogens is 252 g/mol. The van der Waals surface area contributed by atoms with Gasteiger partial charge < -0.3 is 15.2 Å². The van der Waals surface area contributed by atoms with Crippen molar-refractivity contribution in [2.45, 2.75) is 6.10 Å². The number of amides is 1. The Morgan fingerprint density at radius 2 is 2.29 bits per heavy atom. The lowest BCUT2D eigenvalue weighted by atomic mass is 10.3. The molecule has 0 aromatic rings. The van der Waals surface area contributed by atoms with Crippen molar-refractivity contribution in [1.29, 1.82) is 5.41 Å². The summed E-state index contributed by atoms with van der Waals surface area (Å²) in [6.45, 7) is 0.0735. The Bertz CT molecular complexity index is 408. The van der Waals surface area contributed by atoms with Crippen LogP contribution < -0.4 is 10.5 Å². The Labute approximate surface area is 98.5 Å². The summed E-state index contributed by atoms with van der Waals surface area (Å²) >= 11 is 0. The first-order chi connectivity index (χ1) is 7.86. The first-order valence-electron chi connectivity index (χ1n) is 4.68. The highest BCUT2D eigenvalue weighted by Gasteiger charge is 2.32. The summed E-state index contributed by atoms with van der Waals surface area (Å²) < 4.78 is 35.3. The molecular formula is C7H14N4O5S. The first-order valence-corrected chi connectivity index (χ1v) is 6.12. The minimum Gasteiger partial charge on any atom is -0.452 e. The van der Waals surface area contributed by atoms with E-state index in [4.69, 9.17) is 15.9 Å². The average Bonchev–Trinajstić information content (AvgIpc) is 2.28. The van der Waals surface area contributed by atoms with Crippen LogP contribution in [0.5, 0.6) is 0 Å². The Morgan fingerprint density at radius 1 is 1.65 bits per heavy atom. The Balaban J connectivity index is 2.71. The molecule has 0 radical (unpaired) electrons. The number of rotatable bonds is 3. The SMILES string of the molecule is COC(=O)NS(=O)(=O)N1CCOC(C(=N)N)C1. The van der Waals surface area contributed by atoms with Crippen molar-refractivity contribution in [2.24, 2.45) is 5.73 Å². The Hall–Kier alpha value is -1.39. The van der Waals surface area contributed by atoms with Crippen molar-refractivity contribution in [3.8, 4) is 0 Å². The van der Waals surface area contributed by atoms with Gasteiger partial charge in [0.2, 0.25) is 0 Å². The van der Waals surface area contributed by atoms with Crippen LogP contribution in [0, 0.1) is 5.41 Å². The number of nitrogens with zero attached hydrogens (tertiary/aromatic N) is 1. The van der Waals surface area contributed by atoms with E-state index in [9.17, 15) is 13.2 Å². The summed E-state index contributed by atoms with van der Waals surface area (Å²) in [6.07, 6.45) is -1.87. The number of hydrogen-bond donors (Lipinski definition) is 3. The van der Waals surface area contributed by atoms with Crippen LogP contribution in [-0.2, 0) is 19.7 Å². The maximum Gasteiger partial charge on any atom is 0.421 e. The van der Waals surface area contributed by atoms with Gasteiger partial charge in [0.05, 0.1) is 13.7 Å². The number of nitrogens with one attached hydrogen (secondary N) is 2. The molecule has 0 spiro atoms. The highest BCUT2D eigenvalue weighted by Crippen LogP contribution is 2.08. The molecule has 4 N–H and O–H groups in total. The second-order valence-corrected chi connectivity index (χ2v) is 4.94. The Morgan fingerprint density at radius 3 is 2.82 bits per heavy atom. The lowest BCUT2D eigenvalue weighted by Crippen LogP contribution is -2.54. The van der Waals surface area contributed by atoms with Crippen molar-refractivity contribution in [2.75, 3.05) is 26.8 Å². The third-order valence-corrected chi connectivity index (χ3v) is 3.55. The highest BCUT2D eigenvalue weighted by molar-refractivity contribution is 7.87. The van der Waals surface area contributed by atoms with Gasteiger partial charge in [-0.15, -0.1) is 0 Å². The fourth-order valence-electron chi connectivity index (χ4n) is 1.24. The molecule has 0 aromatic carbocycles. The van der Waals surface area contributed by atoms with Gasteiger partial charge >= 0.3 is 16.3 Å². The van der Waals surface area contributed by atoms with Crippen LogP contribution in [0.15, 0.2) is 0 Å². The van der Waals surface area contributed by atoms with Crippen LogP contribution in [0.25, 0.3) is 0 Å². The van der Waals surface area contributed by atoms with Crippen LogP contribution in [-0.4, -0.2) is 57.6 Å². The van der Waals surface area contributed by atoms with Gasteiger partial charge in [0.1, 0.15) is 11.9 Å². The predicted octanol–water partition coefficient (Wildman–Crippen LogP) is -1.78. The number of nitrogens with two attached hydrogens (primary N) is 1. The maximum absolute atomic E-state index is 11.7. The molecule has 98 valence electrons. The number of morpholine rings is 1. The van der Waals surface area contributed by atoms with Gasteiger partial charge in [0.25, 0.3) is 0 Å². The summed E-state index contributed by atoms with van der Waals surface area (Å²) in [6, 6.07) is 0. The first kappa shape index (κ1) is 13.7. The molecule has 1 unspecified atom stereocenters. The molecule has 10 heteroatoms. The molecule has 1 aliphatic rings. The largest absolute Gasteiger partial charge is 0.452 e. The lowest BCUT2D eigenvalue weighted by Gasteiger charge is -2.30. The molecule has 17 heavy (non-hydrogen) atoms. The molecule has 1 aliphatic heterocycles. The second kappa shape index (κ2) is 5.29. The molecule has 1 heterocycles. The van der Waals surface area contributed by atoms with E-state index in [0.29, 0.717) is 0 Å². The van der Waals surface area contributed by atoms with Crippen molar-refractivity contribution < 1.29 is 22.7 Å². The number of carbonyl (C=O) groups excluding carboxylic acids is 1. The molecule has 1 rings (SSSR count). The van der Waals surface area contributed by atoms with Gasteiger partial charge in [-0.2, -0.15) is 12.7 Å². The van der Waals surface area contributed by atoms with Crippen LogP contribution in [0.2, 0.25) is 0 Å². The fraction of sp³-hybridized carbons (Fsp3) is 0.714. The number of ether oxygens (including phenoxy) is 2. The monoisotopic (exact) mass is 266 g/mol. The van der Waals surface area contributed by atoms with E-state index in [1.807, 2.05) is 0 Å². The predicted molar refractivity (Wildman–Crippen MR) is 57.7 cm³/mol. The van der Waals surface area contributed by atoms with Crippen LogP contribution in [0.1, 0.15) is 0 Å². The molecule has 1 atom stereocenters. The zero-order chi connectivity index (χ0) is 13.1. The van der Waals surface area contributed by atoms with E-state index in [-0.39, 0.29) is 25.5 Å². The van der Waals surface area contributed by atoms with Gasteiger partial charge in [-0.05, 0) is 0 Å². The zero-order valence-corrected chi connectivity index (χ0v) is 9.99. The van der Waals surface area contributed by atoms with E-state index in [1.54, 1.807) is 4.72 Å². The molecule has 0 saturated carbocycles. The van der Waals surface area contributed by atoms with Gasteiger partial charge in [0.15, 0.2) is 0 Å². The van der Waals surface area contributed by atoms with Gasteiger partial charge in [0, 0.05) is 13.1 Å². The molecule has 0 bridgehead atoms. The number of amidine groups is 1. The van der Waals surface area contributed by atoms with Crippen LogP contribution in [0.4, 0.5) is 4.79 Å². The van der Waals surface area contributed by atoms with Crippen LogP contribution in [0.3, 0.4) is 0 Å². The minimum absolute atomic E-state index is 0.0795. The third kappa shape index (κ3) is 3.54. The maximum atomic E-state index is 11.7.